The molecular weight excluding hydrogens is 354 g/mol. The van der Waals surface area contributed by atoms with Crippen molar-refractivity contribution in [3.05, 3.63) is 77.9 Å². The van der Waals surface area contributed by atoms with Crippen LogP contribution in [-0.2, 0) is 20.9 Å². The van der Waals surface area contributed by atoms with Gasteiger partial charge in [-0.3, -0.25) is 4.79 Å². The van der Waals surface area contributed by atoms with Crippen molar-refractivity contribution in [3.63, 3.8) is 0 Å². The highest BCUT2D eigenvalue weighted by Gasteiger charge is 2.13. The van der Waals surface area contributed by atoms with Gasteiger partial charge in [0, 0.05) is 13.6 Å². The van der Waals surface area contributed by atoms with Gasteiger partial charge in [-0.05, 0) is 35.4 Å². The molecule has 0 bridgehead atoms. The number of carbonyl (C=O) groups excluding carboxylic acids is 2. The van der Waals surface area contributed by atoms with Crippen LogP contribution >= 0.6 is 0 Å². The molecule has 0 heterocycles. The van der Waals surface area contributed by atoms with E-state index in [0.717, 1.165) is 21.9 Å². The number of aryl methyl sites for hydroxylation is 1. The van der Waals surface area contributed by atoms with Crippen LogP contribution in [0.25, 0.3) is 10.8 Å². The predicted octanol–water partition coefficient (Wildman–Crippen LogP) is 3.73. The van der Waals surface area contributed by atoms with E-state index in [2.05, 4.69) is 0 Å². The molecule has 0 aliphatic rings. The van der Waals surface area contributed by atoms with Crippen molar-refractivity contribution < 1.29 is 19.1 Å². The van der Waals surface area contributed by atoms with Crippen LogP contribution < -0.4 is 4.74 Å². The lowest BCUT2D eigenvalue weighted by Gasteiger charge is -2.17. The van der Waals surface area contributed by atoms with Crippen LogP contribution in [0.1, 0.15) is 11.1 Å². The van der Waals surface area contributed by atoms with Crippen LogP contribution in [0.5, 0.6) is 5.75 Å². The van der Waals surface area contributed by atoms with Crippen molar-refractivity contribution in [3.8, 4) is 5.75 Å². The fourth-order valence-electron chi connectivity index (χ4n) is 2.75. The molecular formula is C23H23NO4. The van der Waals surface area contributed by atoms with Crippen molar-refractivity contribution in [2.24, 2.45) is 0 Å². The molecule has 1 amide bonds. The number of likely N-dealkylation sites (N-methyl/N-ethyl adjacent to an activating group) is 1. The van der Waals surface area contributed by atoms with Gasteiger partial charge in [0.2, 0.25) is 0 Å². The zero-order valence-corrected chi connectivity index (χ0v) is 16.1. The largest absolute Gasteiger partial charge is 0.482 e. The molecule has 0 saturated carbocycles. The Balaban J connectivity index is 1.43. The van der Waals surface area contributed by atoms with Gasteiger partial charge in [0.1, 0.15) is 5.75 Å². The molecule has 0 fully saturated rings. The Morgan fingerprint density at radius 1 is 0.893 bits per heavy atom. The summed E-state index contributed by atoms with van der Waals surface area (Å²) in [4.78, 5) is 25.6. The highest BCUT2D eigenvalue weighted by molar-refractivity contribution is 5.84. The van der Waals surface area contributed by atoms with Gasteiger partial charge in [-0.1, -0.05) is 60.2 Å². The number of nitrogens with zero attached hydrogens (tertiary/aromatic N) is 1. The second-order valence-electron chi connectivity index (χ2n) is 6.69. The maximum atomic E-state index is 12.1. The molecule has 0 unspecified atom stereocenters. The molecule has 28 heavy (non-hydrogen) atoms. The second kappa shape index (κ2) is 9.04. The number of hydrogen-bond acceptors (Lipinski definition) is 4. The number of hydrogen-bond donors (Lipinski definition) is 0. The zero-order chi connectivity index (χ0) is 19.9. The standard InChI is InChI=1S/C23H23NO4/c1-17-7-9-18(10-8-17)14-24(2)22(25)15-28-23(26)16-27-21-12-11-19-5-3-4-6-20(19)13-21/h3-13H,14-16H2,1-2H3. The zero-order valence-electron chi connectivity index (χ0n) is 16.1. The van der Waals surface area contributed by atoms with Gasteiger partial charge in [-0.15, -0.1) is 0 Å². The average molecular weight is 377 g/mol. The van der Waals surface area contributed by atoms with Gasteiger partial charge in [0.15, 0.2) is 13.2 Å². The summed E-state index contributed by atoms with van der Waals surface area (Å²) in [6.07, 6.45) is 0. The van der Waals surface area contributed by atoms with Crippen molar-refractivity contribution in [1.29, 1.82) is 0 Å². The summed E-state index contributed by atoms with van der Waals surface area (Å²) >= 11 is 0. The van der Waals surface area contributed by atoms with Crippen LogP contribution in [0, 0.1) is 6.92 Å². The molecule has 0 N–H and O–H groups in total. The molecule has 5 heteroatoms. The molecule has 0 aromatic heterocycles. The van der Waals surface area contributed by atoms with Crippen LogP contribution in [0.2, 0.25) is 0 Å². The quantitative estimate of drug-likeness (QED) is 0.589. The lowest BCUT2D eigenvalue weighted by Crippen LogP contribution is -2.31. The van der Waals surface area contributed by atoms with Gasteiger partial charge in [0.25, 0.3) is 5.91 Å². The number of carbonyl (C=O) groups is 2. The van der Waals surface area contributed by atoms with Crippen LogP contribution in [0.3, 0.4) is 0 Å². The minimum atomic E-state index is -0.578. The fraction of sp³-hybridized carbons (Fsp3) is 0.217. The van der Waals surface area contributed by atoms with E-state index in [-0.39, 0.29) is 19.1 Å². The first-order valence-electron chi connectivity index (χ1n) is 9.08. The highest BCUT2D eigenvalue weighted by atomic mass is 16.6. The van der Waals surface area contributed by atoms with Gasteiger partial charge in [-0.25, -0.2) is 4.79 Å². The van der Waals surface area contributed by atoms with E-state index in [1.165, 1.54) is 4.90 Å². The normalized spacial score (nSPS) is 10.5. The van der Waals surface area contributed by atoms with Crippen LogP contribution in [0.4, 0.5) is 0 Å². The molecule has 0 radical (unpaired) electrons. The molecule has 5 nitrogen and oxygen atoms in total. The van der Waals surface area contributed by atoms with E-state index in [1.54, 1.807) is 13.1 Å². The average Bonchev–Trinajstić information content (AvgIpc) is 2.71. The van der Waals surface area contributed by atoms with Gasteiger partial charge < -0.3 is 14.4 Å². The summed E-state index contributed by atoms with van der Waals surface area (Å²) in [6, 6.07) is 21.4. The molecule has 144 valence electrons. The number of rotatable bonds is 7. The summed E-state index contributed by atoms with van der Waals surface area (Å²) in [7, 11) is 1.68. The first-order valence-corrected chi connectivity index (χ1v) is 9.08. The minimum absolute atomic E-state index is 0.243. The third-order valence-corrected chi connectivity index (χ3v) is 4.40. The SMILES string of the molecule is Cc1ccc(CN(C)C(=O)COC(=O)COc2ccc3ccccc3c2)cc1. The highest BCUT2D eigenvalue weighted by Crippen LogP contribution is 2.20. The molecule has 3 aromatic rings. The summed E-state index contributed by atoms with van der Waals surface area (Å²) in [5.74, 6) is -0.261. The predicted molar refractivity (Wildman–Crippen MR) is 108 cm³/mol. The fourth-order valence-corrected chi connectivity index (χ4v) is 2.75. The third-order valence-electron chi connectivity index (χ3n) is 4.40. The van der Waals surface area contributed by atoms with Crippen molar-refractivity contribution >= 4 is 22.6 Å². The monoisotopic (exact) mass is 377 g/mol. The first-order chi connectivity index (χ1) is 13.5. The molecule has 0 atom stereocenters. The summed E-state index contributed by atoms with van der Waals surface area (Å²) < 4.78 is 10.5. The molecule has 0 spiro atoms. The van der Waals surface area contributed by atoms with Crippen molar-refractivity contribution in [2.45, 2.75) is 13.5 Å². The first kappa shape index (κ1) is 19.4. The van der Waals surface area contributed by atoms with Gasteiger partial charge in [-0.2, -0.15) is 0 Å². The summed E-state index contributed by atoms with van der Waals surface area (Å²) in [5, 5.41) is 2.13. The molecule has 3 aromatic carbocycles. The molecule has 0 aliphatic heterocycles. The number of ether oxygens (including phenoxy) is 2. The number of esters is 1. The van der Waals surface area contributed by atoms with E-state index in [0.29, 0.717) is 12.3 Å². The Morgan fingerprint density at radius 3 is 2.36 bits per heavy atom. The van der Waals surface area contributed by atoms with Gasteiger partial charge >= 0.3 is 5.97 Å². The maximum Gasteiger partial charge on any atom is 0.344 e. The Bertz CT molecular complexity index is 966. The van der Waals surface area contributed by atoms with E-state index >= 15 is 0 Å². The van der Waals surface area contributed by atoms with E-state index in [1.807, 2.05) is 67.6 Å². The van der Waals surface area contributed by atoms with Crippen LogP contribution in [0.15, 0.2) is 66.7 Å². The van der Waals surface area contributed by atoms with Gasteiger partial charge in [0.05, 0.1) is 0 Å². The van der Waals surface area contributed by atoms with Crippen molar-refractivity contribution in [2.75, 3.05) is 20.3 Å². The molecule has 0 aliphatic carbocycles. The summed E-state index contributed by atoms with van der Waals surface area (Å²) in [5.41, 5.74) is 2.19. The number of benzene rings is 3. The summed E-state index contributed by atoms with van der Waals surface area (Å²) in [6.45, 7) is 1.93. The van der Waals surface area contributed by atoms with E-state index < -0.39 is 5.97 Å². The molecule has 3 rings (SSSR count). The Kier molecular flexibility index (Phi) is 6.27. The second-order valence-corrected chi connectivity index (χ2v) is 6.69. The lowest BCUT2D eigenvalue weighted by atomic mass is 10.1. The smallest absolute Gasteiger partial charge is 0.344 e. The number of fused-ring (bicyclic) bond motifs is 1. The Labute approximate surface area is 164 Å². The van der Waals surface area contributed by atoms with Crippen molar-refractivity contribution in [1.82, 2.24) is 4.90 Å². The maximum absolute atomic E-state index is 12.1. The minimum Gasteiger partial charge on any atom is -0.482 e. The topological polar surface area (TPSA) is 55.8 Å². The van der Waals surface area contributed by atoms with Crippen LogP contribution in [-0.4, -0.2) is 37.0 Å². The van der Waals surface area contributed by atoms with E-state index in [9.17, 15) is 9.59 Å². The Morgan fingerprint density at radius 2 is 1.61 bits per heavy atom. The lowest BCUT2D eigenvalue weighted by molar-refractivity contribution is -0.153. The number of amides is 1. The van der Waals surface area contributed by atoms with E-state index in [4.69, 9.17) is 9.47 Å². The Hall–Kier alpha value is -3.34. The molecule has 0 saturated heterocycles. The third kappa shape index (κ3) is 5.33.